The van der Waals surface area contributed by atoms with Crippen LogP contribution in [0.1, 0.15) is 118 Å². The van der Waals surface area contributed by atoms with E-state index in [0.717, 1.165) is 24.8 Å². The minimum atomic E-state index is -1.33. The summed E-state index contributed by atoms with van der Waals surface area (Å²) in [5.74, 6) is -3.32. The van der Waals surface area contributed by atoms with Crippen molar-refractivity contribution < 1.29 is 47.3 Å². The van der Waals surface area contributed by atoms with E-state index in [2.05, 4.69) is 27.7 Å². The van der Waals surface area contributed by atoms with Crippen LogP contribution in [0.15, 0.2) is 25.3 Å². The highest BCUT2D eigenvalue weighted by Crippen LogP contribution is 2.75. The Morgan fingerprint density at radius 2 is 1.64 bits per heavy atom. The third-order valence-electron chi connectivity index (χ3n) is 15.2. The van der Waals surface area contributed by atoms with Crippen LogP contribution < -0.4 is 5.82 Å². The molecule has 11 heteroatoms. The molecule has 0 amide bonds. The largest absolute Gasteiger partial charge is 0.519 e. The normalized spacial score (nSPS) is 42.9. The van der Waals surface area contributed by atoms with Crippen LogP contribution in [0.2, 0.25) is 0 Å². The molecule has 4 saturated carbocycles. The zero-order chi connectivity index (χ0) is 36.8. The molecule has 0 aromatic carbocycles. The molecule has 4 fully saturated rings. The van der Waals surface area contributed by atoms with Crippen molar-refractivity contribution in [2.75, 3.05) is 7.11 Å². The van der Waals surface area contributed by atoms with E-state index in [0.29, 0.717) is 38.5 Å². The third-order valence-corrected chi connectivity index (χ3v) is 15.2. The van der Waals surface area contributed by atoms with Crippen LogP contribution in [0.4, 0.5) is 0 Å². The van der Waals surface area contributed by atoms with Crippen molar-refractivity contribution in [1.82, 2.24) is 0 Å². The molecule has 1 unspecified atom stereocenters. The number of carboxylic acid groups (broad SMARTS) is 1. The van der Waals surface area contributed by atoms with Gasteiger partial charge in [0.1, 0.15) is 11.5 Å². The van der Waals surface area contributed by atoms with Gasteiger partial charge in [0.2, 0.25) is 0 Å². The van der Waals surface area contributed by atoms with E-state index in [1.54, 1.807) is 20.8 Å². The Bertz CT molecular complexity index is 1690. The number of hydrogen-bond donors (Lipinski definition) is 1. The topological polar surface area (TPSA) is 160 Å². The van der Waals surface area contributed by atoms with Crippen LogP contribution in [-0.4, -0.2) is 48.1 Å². The molecule has 0 saturated heterocycles. The van der Waals surface area contributed by atoms with Crippen LogP contribution in [0.5, 0.6) is 0 Å². The van der Waals surface area contributed by atoms with Crippen LogP contribution in [0, 0.1) is 57.2 Å². The molecule has 1 N–H and O–H groups in total. The van der Waals surface area contributed by atoms with Gasteiger partial charge in [-0.2, -0.15) is 0 Å². The predicted octanol–water partition coefficient (Wildman–Crippen LogP) is 6.58. The second-order valence-electron chi connectivity index (χ2n) is 17.7. The van der Waals surface area contributed by atoms with Gasteiger partial charge in [0.05, 0.1) is 5.41 Å². The van der Waals surface area contributed by atoms with Crippen molar-refractivity contribution in [3.8, 4) is 0 Å². The first-order valence-electron chi connectivity index (χ1n) is 18.2. The summed E-state index contributed by atoms with van der Waals surface area (Å²) in [6.45, 7) is 15.4. The quantitative estimate of drug-likeness (QED) is 0.307. The van der Waals surface area contributed by atoms with Crippen molar-refractivity contribution in [2.45, 2.75) is 132 Å². The molecule has 11 nitrogen and oxygen atoms in total. The van der Waals surface area contributed by atoms with Gasteiger partial charge in [-0.1, -0.05) is 33.3 Å². The average molecular weight is 699 g/mol. The van der Waals surface area contributed by atoms with Crippen molar-refractivity contribution in [2.24, 2.45) is 50.2 Å². The fourth-order valence-electron chi connectivity index (χ4n) is 11.6. The van der Waals surface area contributed by atoms with E-state index in [1.165, 1.54) is 7.11 Å². The minimum Gasteiger partial charge on any atom is -0.481 e. The Kier molecular flexibility index (Phi) is 8.72. The first-order chi connectivity index (χ1) is 23.2. The van der Waals surface area contributed by atoms with Gasteiger partial charge in [0, 0.05) is 13.0 Å². The zero-order valence-electron chi connectivity index (χ0n) is 31.1. The number of rotatable bonds is 7. The number of esters is 2. The highest BCUT2D eigenvalue weighted by Gasteiger charge is 2.72. The predicted molar refractivity (Wildman–Crippen MR) is 180 cm³/mol. The van der Waals surface area contributed by atoms with Gasteiger partial charge in [-0.05, 0) is 125 Å². The Balaban J connectivity index is 1.40. The lowest BCUT2D eigenvalue weighted by Gasteiger charge is -2.70. The summed E-state index contributed by atoms with van der Waals surface area (Å²) < 4.78 is 27.2. The van der Waals surface area contributed by atoms with Gasteiger partial charge < -0.3 is 28.2 Å². The van der Waals surface area contributed by atoms with E-state index in [4.69, 9.17) is 23.0 Å². The molecule has 1 heterocycles. The highest BCUT2D eigenvalue weighted by molar-refractivity contribution is 5.96. The Labute approximate surface area is 293 Å². The Hall–Kier alpha value is -3.21. The molecule has 0 spiro atoms. The summed E-state index contributed by atoms with van der Waals surface area (Å²) in [6, 6.07) is 0. The van der Waals surface area contributed by atoms with E-state index >= 15 is 0 Å². The number of carboxylic acids is 1. The number of allylic oxidation sites excluding steroid dienone is 2. The monoisotopic (exact) mass is 698 g/mol. The number of aliphatic carboxylic acids is 1. The molecule has 1 aromatic rings. The van der Waals surface area contributed by atoms with Gasteiger partial charge in [0.25, 0.3) is 0 Å². The average Bonchev–Trinajstić information content (AvgIpc) is 3.38. The number of carbonyl (C=O) groups excluding carboxylic acids is 3. The highest BCUT2D eigenvalue weighted by atomic mass is 16.6. The van der Waals surface area contributed by atoms with Gasteiger partial charge in [-0.3, -0.25) is 14.4 Å². The zero-order valence-corrected chi connectivity index (χ0v) is 31.1. The molecular weight excluding hydrogens is 644 g/mol. The van der Waals surface area contributed by atoms with Crippen LogP contribution >= 0.6 is 0 Å². The Morgan fingerprint density at radius 3 is 2.26 bits per heavy atom. The number of aryl methyl sites for hydroxylation is 1. The van der Waals surface area contributed by atoms with E-state index in [-0.39, 0.29) is 46.6 Å². The molecule has 0 radical (unpaired) electrons. The van der Waals surface area contributed by atoms with Crippen LogP contribution in [0.3, 0.4) is 0 Å². The summed E-state index contributed by atoms with van der Waals surface area (Å²) in [4.78, 5) is 66.5. The molecule has 5 aliphatic rings. The SMILES string of the molecule is COC(C)C(=O)O[C@H]1CC[C@@]2(C)[C@@H](CC[C@]3(C)[C@@H]2C(=O)C=C2[C@@H]4C[C@@](C)(C(=O)O)CC[C@]4(C)CC[C@]23C)[C@]1(C)C(=O)OCc1oc(=O)oc1C. The molecule has 0 bridgehead atoms. The molecule has 5 aliphatic carbocycles. The molecule has 276 valence electrons. The van der Waals surface area contributed by atoms with E-state index < -0.39 is 63.5 Å². The van der Waals surface area contributed by atoms with Gasteiger partial charge in [0.15, 0.2) is 30.0 Å². The molecule has 0 aliphatic heterocycles. The van der Waals surface area contributed by atoms with Crippen LogP contribution in [0.25, 0.3) is 0 Å². The van der Waals surface area contributed by atoms with Crippen molar-refractivity contribution in [1.29, 1.82) is 0 Å². The first kappa shape index (κ1) is 36.6. The second kappa shape index (κ2) is 11.9. The number of carbonyl (C=O) groups is 4. The summed E-state index contributed by atoms with van der Waals surface area (Å²) in [6.07, 6.45) is 6.15. The number of ketones is 1. The second-order valence-corrected chi connectivity index (χ2v) is 17.7. The summed E-state index contributed by atoms with van der Waals surface area (Å²) in [7, 11) is 1.42. The maximum absolute atomic E-state index is 14.8. The number of fused-ring (bicyclic) bond motifs is 7. The number of methoxy groups -OCH3 is 1. The fraction of sp³-hybridized carbons (Fsp3) is 0.769. The fourth-order valence-corrected chi connectivity index (χ4v) is 11.6. The van der Waals surface area contributed by atoms with Gasteiger partial charge >= 0.3 is 23.7 Å². The lowest BCUT2D eigenvalue weighted by Crippen LogP contribution is -2.68. The minimum absolute atomic E-state index is 0.00653. The lowest BCUT2D eigenvalue weighted by molar-refractivity contribution is -0.226. The molecule has 50 heavy (non-hydrogen) atoms. The maximum atomic E-state index is 14.8. The molecule has 1 aromatic heterocycles. The van der Waals surface area contributed by atoms with Crippen molar-refractivity contribution >= 4 is 23.7 Å². The third kappa shape index (κ3) is 5.10. The van der Waals surface area contributed by atoms with Crippen LogP contribution in [-0.2, 0) is 40.0 Å². The lowest BCUT2D eigenvalue weighted by atomic mass is 9.33. The summed E-state index contributed by atoms with van der Waals surface area (Å²) in [5, 5.41) is 10.2. The van der Waals surface area contributed by atoms with Gasteiger partial charge in [-0.15, -0.1) is 0 Å². The molecule has 11 atom stereocenters. The van der Waals surface area contributed by atoms with Crippen molar-refractivity contribution in [3.05, 3.63) is 33.8 Å². The number of ether oxygens (including phenoxy) is 3. The molecular formula is C39H54O11. The van der Waals surface area contributed by atoms with E-state index in [9.17, 15) is 29.1 Å². The smallest absolute Gasteiger partial charge is 0.481 e. The first-order valence-corrected chi connectivity index (χ1v) is 18.2. The standard InChI is InChI=1S/C39H54O11/c1-21-26(49-33(45)48-21)20-47-32(44)39(8)27-10-13-38(7)29(36(27,5)12-11-28(39)50-30(41)22(2)46-9)25(40)18-23-24-19-35(4,31(42)43)15-14-34(24,3)16-17-37(23,38)6/h18,22,24,27-29H,10-17,19-20H2,1-9H3,(H,42,43)/t22?,24-,27+,28-,29+,34+,35-,36-,37+,38+,39-/m0/s1. The summed E-state index contributed by atoms with van der Waals surface area (Å²) in [5.41, 5.74) is -2.58. The Morgan fingerprint density at radius 1 is 0.960 bits per heavy atom. The maximum Gasteiger partial charge on any atom is 0.519 e. The summed E-state index contributed by atoms with van der Waals surface area (Å²) >= 11 is 0. The van der Waals surface area contributed by atoms with Gasteiger partial charge in [-0.25, -0.2) is 9.59 Å². The van der Waals surface area contributed by atoms with Crippen molar-refractivity contribution in [3.63, 3.8) is 0 Å². The molecule has 6 rings (SSSR count). The number of hydrogen-bond acceptors (Lipinski definition) is 10. The van der Waals surface area contributed by atoms with E-state index in [1.807, 2.05) is 13.0 Å².